The maximum absolute atomic E-state index is 13.8. The summed E-state index contributed by atoms with van der Waals surface area (Å²) in [7, 11) is 2.56. The molecule has 0 aliphatic carbocycles. The van der Waals surface area contributed by atoms with E-state index in [-0.39, 0.29) is 29.8 Å². The van der Waals surface area contributed by atoms with Crippen molar-refractivity contribution in [3.8, 4) is 22.4 Å². The number of nitrogens with one attached hydrogen (secondary N) is 4. The molecule has 14 nitrogen and oxygen atoms in total. The van der Waals surface area contributed by atoms with E-state index in [9.17, 15) is 19.2 Å². The van der Waals surface area contributed by atoms with Crippen molar-refractivity contribution in [2.75, 3.05) is 27.3 Å². The van der Waals surface area contributed by atoms with Gasteiger partial charge in [0, 0.05) is 22.5 Å². The maximum atomic E-state index is 13.8. The van der Waals surface area contributed by atoms with Gasteiger partial charge < -0.3 is 39.9 Å². The Bertz CT molecular complexity index is 2220. The number of H-pyrrole nitrogens is 2. The largest absolute Gasteiger partial charge is 0.453 e. The SMILES string of the molecule is COC(=O)N[C@H](C(=O)N1CCC[C@H]1c1ncc(-c2cc3sc(C#Cc4cnc(C5CCCN5C(=O)[C@H](NC(=O)OC)c5ccccc5)[nH]4)cc3s2)[nH]1)C(C)C. The van der Waals surface area contributed by atoms with Crippen LogP contribution in [0.5, 0.6) is 0 Å². The first-order valence-corrected chi connectivity index (χ1v) is 19.8. The highest BCUT2D eigenvalue weighted by molar-refractivity contribution is 7.29. The molecule has 2 aliphatic rings. The quantitative estimate of drug-likeness (QED) is 0.126. The number of aromatic amines is 2. The minimum absolute atomic E-state index is 0.108. The molecule has 16 heteroatoms. The van der Waals surface area contributed by atoms with Gasteiger partial charge in [0.1, 0.15) is 29.4 Å². The van der Waals surface area contributed by atoms with Crippen LogP contribution < -0.4 is 10.6 Å². The highest BCUT2D eigenvalue weighted by Crippen LogP contribution is 2.39. The summed E-state index contributed by atoms with van der Waals surface area (Å²) in [5.41, 5.74) is 2.19. The van der Waals surface area contributed by atoms with Gasteiger partial charge in [-0.1, -0.05) is 44.2 Å². The van der Waals surface area contributed by atoms with Crippen molar-refractivity contribution >= 4 is 56.1 Å². The molecule has 2 fully saturated rings. The molecular weight excluding hydrogens is 741 g/mol. The molecule has 0 radical (unpaired) electrons. The van der Waals surface area contributed by atoms with Crippen LogP contribution in [0.15, 0.2) is 54.9 Å². The average molecular weight is 783 g/mol. The van der Waals surface area contributed by atoms with Gasteiger partial charge in [0.25, 0.3) is 5.91 Å². The number of hydrogen-bond donors (Lipinski definition) is 4. The lowest BCUT2D eigenvalue weighted by molar-refractivity contribution is -0.135. The first kappa shape index (κ1) is 37.6. The second-order valence-electron chi connectivity index (χ2n) is 13.8. The third-order valence-electron chi connectivity index (χ3n) is 9.91. The Labute approximate surface area is 326 Å². The Balaban J connectivity index is 1.02. The molecule has 0 bridgehead atoms. The number of fused-ring (bicyclic) bond motifs is 1. The van der Waals surface area contributed by atoms with E-state index in [0.29, 0.717) is 30.2 Å². The predicted molar refractivity (Wildman–Crippen MR) is 208 cm³/mol. The fourth-order valence-electron chi connectivity index (χ4n) is 7.14. The Kier molecular flexibility index (Phi) is 11.2. The number of carbonyl (C=O) groups is 4. The van der Waals surface area contributed by atoms with E-state index >= 15 is 0 Å². The monoisotopic (exact) mass is 782 g/mol. The van der Waals surface area contributed by atoms with E-state index in [1.54, 1.807) is 50.8 Å². The Hall–Kier alpha value is -5.66. The molecule has 7 rings (SSSR count). The van der Waals surface area contributed by atoms with Crippen molar-refractivity contribution in [1.82, 2.24) is 40.4 Å². The van der Waals surface area contributed by atoms with Gasteiger partial charge in [-0.25, -0.2) is 19.6 Å². The molecule has 1 aromatic carbocycles. The lowest BCUT2D eigenvalue weighted by atomic mass is 10.0. The minimum atomic E-state index is -0.888. The van der Waals surface area contributed by atoms with Gasteiger partial charge in [-0.15, -0.1) is 22.7 Å². The maximum Gasteiger partial charge on any atom is 0.407 e. The van der Waals surface area contributed by atoms with E-state index in [1.165, 1.54) is 14.2 Å². The zero-order valence-corrected chi connectivity index (χ0v) is 32.5. The molecule has 2 aliphatic heterocycles. The second kappa shape index (κ2) is 16.4. The summed E-state index contributed by atoms with van der Waals surface area (Å²) >= 11 is 3.24. The number of amides is 4. The molecule has 286 valence electrons. The van der Waals surface area contributed by atoms with Gasteiger partial charge in [-0.2, -0.15) is 0 Å². The first-order valence-electron chi connectivity index (χ1n) is 18.1. The predicted octanol–water partition coefficient (Wildman–Crippen LogP) is 6.28. The van der Waals surface area contributed by atoms with Crippen molar-refractivity contribution in [3.63, 3.8) is 0 Å². The van der Waals surface area contributed by atoms with Crippen molar-refractivity contribution in [2.24, 2.45) is 5.92 Å². The number of aromatic nitrogens is 4. The molecule has 0 saturated carbocycles. The van der Waals surface area contributed by atoms with Crippen LogP contribution in [0.1, 0.15) is 85.4 Å². The fourth-order valence-corrected chi connectivity index (χ4v) is 9.36. The standard InChI is InChI=1S/C39H42N8O6S2/c1-22(2)32(44-38(50)52-3)36(48)46-16-9-13-28(46)35-41-21-26(43-35)29-19-31-30(55-29)18-25(54-31)15-14-24-20-40-34(42-24)27-12-8-17-47(27)37(49)33(45-39(51)53-4)23-10-6-5-7-11-23/h5-7,10-11,18-22,27-28,32-33H,8-9,12-13,16-17H2,1-4H3,(H,40,42)(H,41,43)(H,44,50)(H,45,51)/t27?,28-,32-,33+/m0/s1. The molecule has 5 aromatic rings. The van der Waals surface area contributed by atoms with Crippen molar-refractivity contribution in [2.45, 2.75) is 63.7 Å². The normalized spacial score (nSPS) is 17.8. The molecule has 1 unspecified atom stereocenters. The number of hydrogen-bond acceptors (Lipinski definition) is 10. The van der Waals surface area contributed by atoms with Crippen LogP contribution >= 0.6 is 22.7 Å². The summed E-state index contributed by atoms with van der Waals surface area (Å²) in [6, 6.07) is 11.3. The zero-order chi connectivity index (χ0) is 38.6. The van der Waals surface area contributed by atoms with Crippen LogP contribution in [-0.2, 0) is 19.1 Å². The molecule has 2 saturated heterocycles. The summed E-state index contributed by atoms with van der Waals surface area (Å²) < 4.78 is 11.8. The third-order valence-corrected chi connectivity index (χ3v) is 12.1. The van der Waals surface area contributed by atoms with Gasteiger partial charge in [-0.05, 0) is 61.1 Å². The molecule has 4 aromatic heterocycles. The Morgan fingerprint density at radius 1 is 0.818 bits per heavy atom. The van der Waals surface area contributed by atoms with Crippen LogP contribution in [0.2, 0.25) is 0 Å². The summed E-state index contributed by atoms with van der Waals surface area (Å²) in [6.07, 6.45) is 5.35. The van der Waals surface area contributed by atoms with Gasteiger partial charge in [0.15, 0.2) is 0 Å². The number of methoxy groups -OCH3 is 2. The Morgan fingerprint density at radius 2 is 1.45 bits per heavy atom. The van der Waals surface area contributed by atoms with Gasteiger partial charge >= 0.3 is 12.2 Å². The van der Waals surface area contributed by atoms with Crippen molar-refractivity contribution < 1.29 is 28.7 Å². The van der Waals surface area contributed by atoms with Crippen LogP contribution in [-0.4, -0.2) is 87.1 Å². The molecule has 4 N–H and O–H groups in total. The van der Waals surface area contributed by atoms with E-state index in [0.717, 1.165) is 56.4 Å². The smallest absolute Gasteiger partial charge is 0.407 e. The van der Waals surface area contributed by atoms with Crippen LogP contribution in [0.3, 0.4) is 0 Å². The number of imidazole rings is 2. The lowest BCUT2D eigenvalue weighted by Gasteiger charge is -2.30. The van der Waals surface area contributed by atoms with Gasteiger partial charge in [-0.3, -0.25) is 9.59 Å². The molecular formula is C39H42N8O6S2. The lowest BCUT2D eigenvalue weighted by Crippen LogP contribution is -2.51. The van der Waals surface area contributed by atoms with E-state index in [2.05, 4.69) is 54.5 Å². The molecule has 55 heavy (non-hydrogen) atoms. The van der Waals surface area contributed by atoms with E-state index < -0.39 is 24.3 Å². The number of nitrogens with zero attached hydrogens (tertiary/aromatic N) is 4. The first-order chi connectivity index (χ1) is 26.6. The van der Waals surface area contributed by atoms with Crippen LogP contribution in [0, 0.1) is 17.8 Å². The number of thiophene rings is 2. The van der Waals surface area contributed by atoms with E-state index in [1.807, 2.05) is 38.2 Å². The number of likely N-dealkylation sites (tertiary alicyclic amines) is 2. The summed E-state index contributed by atoms with van der Waals surface area (Å²) in [4.78, 5) is 73.0. The summed E-state index contributed by atoms with van der Waals surface area (Å²) in [6.45, 7) is 4.93. The number of alkyl carbamates (subject to hydrolysis) is 2. The molecule has 4 atom stereocenters. The Morgan fingerprint density at radius 3 is 2.13 bits per heavy atom. The molecule has 6 heterocycles. The van der Waals surface area contributed by atoms with Gasteiger partial charge in [0.05, 0.1) is 54.1 Å². The third kappa shape index (κ3) is 8.08. The van der Waals surface area contributed by atoms with Crippen LogP contribution in [0.4, 0.5) is 9.59 Å². The van der Waals surface area contributed by atoms with E-state index in [4.69, 9.17) is 9.47 Å². The summed E-state index contributed by atoms with van der Waals surface area (Å²) in [5.74, 6) is 7.35. The average Bonchev–Trinajstić information content (AvgIpc) is 4.04. The molecule has 4 amide bonds. The zero-order valence-electron chi connectivity index (χ0n) is 30.9. The minimum Gasteiger partial charge on any atom is -0.453 e. The summed E-state index contributed by atoms with van der Waals surface area (Å²) in [5, 5.41) is 5.38. The topological polar surface area (TPSA) is 175 Å². The number of benzene rings is 1. The van der Waals surface area contributed by atoms with Crippen molar-refractivity contribution in [3.05, 3.63) is 82.6 Å². The number of rotatable bonds is 9. The number of ether oxygens (including phenoxy) is 2. The highest BCUT2D eigenvalue weighted by Gasteiger charge is 2.38. The van der Waals surface area contributed by atoms with Crippen molar-refractivity contribution in [1.29, 1.82) is 0 Å². The number of carbonyl (C=O) groups excluding carboxylic acids is 4. The molecule has 0 spiro atoms. The fraction of sp³-hybridized carbons (Fsp3) is 0.385. The second-order valence-corrected chi connectivity index (χ2v) is 15.9. The van der Waals surface area contributed by atoms with Gasteiger partial charge in [0.2, 0.25) is 5.91 Å². The highest BCUT2D eigenvalue weighted by atomic mass is 32.1. The van der Waals surface area contributed by atoms with Crippen LogP contribution in [0.25, 0.3) is 20.0 Å².